The van der Waals surface area contributed by atoms with Crippen LogP contribution in [0.1, 0.15) is 30.9 Å². The molecule has 2 N–H and O–H groups in total. The third-order valence-corrected chi connectivity index (χ3v) is 6.57. The molecule has 1 fully saturated rings. The molecule has 32 heavy (non-hydrogen) atoms. The maximum absolute atomic E-state index is 12.1. The minimum Gasteiger partial charge on any atom is -0.497 e. The van der Waals surface area contributed by atoms with Gasteiger partial charge in [-0.3, -0.25) is 4.79 Å². The third-order valence-electron chi connectivity index (χ3n) is 6.57. The summed E-state index contributed by atoms with van der Waals surface area (Å²) < 4.78 is 16.8. The Balaban J connectivity index is 1.78. The predicted molar refractivity (Wildman–Crippen MR) is 121 cm³/mol. The quantitative estimate of drug-likeness (QED) is 0.620. The second-order valence-electron chi connectivity index (χ2n) is 8.52. The molecule has 0 aromatic heterocycles. The zero-order chi connectivity index (χ0) is 23.3. The molecule has 3 rings (SSSR count). The molecule has 3 atom stereocenters. The van der Waals surface area contributed by atoms with E-state index in [9.17, 15) is 15.0 Å². The molecule has 0 unspecified atom stereocenters. The maximum atomic E-state index is 12.1. The van der Waals surface area contributed by atoms with Gasteiger partial charge in [0.2, 0.25) is 5.91 Å². The van der Waals surface area contributed by atoms with Crippen LogP contribution in [0.3, 0.4) is 0 Å². The molecule has 0 spiro atoms. The molecule has 0 aliphatic carbocycles. The van der Waals surface area contributed by atoms with Crippen LogP contribution in [-0.4, -0.2) is 67.6 Å². The minimum absolute atomic E-state index is 0.104. The molecule has 0 radical (unpaired) electrons. The lowest BCUT2D eigenvalue weighted by atomic mass is 9.72. The second kappa shape index (κ2) is 10.2. The predicted octanol–water partition coefficient (Wildman–Crippen LogP) is 2.63. The van der Waals surface area contributed by atoms with Gasteiger partial charge in [0.15, 0.2) is 11.5 Å². The average Bonchev–Trinajstić information content (AvgIpc) is 3.18. The number of methoxy groups -OCH3 is 2. The Kier molecular flexibility index (Phi) is 7.64. The van der Waals surface area contributed by atoms with E-state index in [1.807, 2.05) is 49.4 Å². The first-order chi connectivity index (χ1) is 15.3. The number of likely N-dealkylation sites (tertiary alicyclic amines) is 1. The summed E-state index contributed by atoms with van der Waals surface area (Å²) in [5.41, 5.74) is 1.55. The molecule has 174 valence electrons. The first kappa shape index (κ1) is 23.9. The number of nitrogens with zero attached hydrogens (tertiary/aromatic N) is 1. The van der Waals surface area contributed by atoms with E-state index in [4.69, 9.17) is 14.2 Å². The number of hydrogen-bond donors (Lipinski definition) is 2. The molecule has 0 saturated carbocycles. The van der Waals surface area contributed by atoms with Gasteiger partial charge in [-0.25, -0.2) is 0 Å². The molecule has 7 nitrogen and oxygen atoms in total. The van der Waals surface area contributed by atoms with Crippen molar-refractivity contribution in [3.8, 4) is 17.2 Å². The lowest BCUT2D eigenvalue weighted by Crippen LogP contribution is -2.38. The Bertz CT molecular complexity index is 913. The van der Waals surface area contributed by atoms with Crippen molar-refractivity contribution in [1.82, 2.24) is 4.90 Å². The van der Waals surface area contributed by atoms with Crippen LogP contribution in [0.15, 0.2) is 42.5 Å². The highest BCUT2D eigenvalue weighted by Gasteiger charge is 2.48. The number of carbonyl (C=O) groups is 1. The fourth-order valence-corrected chi connectivity index (χ4v) is 4.31. The van der Waals surface area contributed by atoms with Crippen molar-refractivity contribution in [2.24, 2.45) is 5.41 Å². The maximum Gasteiger partial charge on any atom is 0.248 e. The zero-order valence-electron chi connectivity index (χ0n) is 19.2. The molecular weight excluding hydrogens is 410 g/mol. The normalized spacial score (nSPS) is 21.3. The van der Waals surface area contributed by atoms with Gasteiger partial charge >= 0.3 is 0 Å². The van der Waals surface area contributed by atoms with Gasteiger partial charge in [0, 0.05) is 30.8 Å². The van der Waals surface area contributed by atoms with Crippen LogP contribution in [0, 0.1) is 5.41 Å². The average molecular weight is 444 g/mol. The van der Waals surface area contributed by atoms with Gasteiger partial charge < -0.3 is 29.3 Å². The topological polar surface area (TPSA) is 88.5 Å². The van der Waals surface area contributed by atoms with Gasteiger partial charge in [0.1, 0.15) is 12.4 Å². The highest BCUT2D eigenvalue weighted by atomic mass is 16.5. The van der Waals surface area contributed by atoms with Crippen molar-refractivity contribution in [3.63, 3.8) is 0 Å². The van der Waals surface area contributed by atoms with Crippen molar-refractivity contribution in [2.45, 2.75) is 32.3 Å². The minimum atomic E-state index is -0.634. The van der Waals surface area contributed by atoms with E-state index >= 15 is 0 Å². The zero-order valence-corrected chi connectivity index (χ0v) is 19.2. The molecule has 0 bridgehead atoms. The van der Waals surface area contributed by atoms with E-state index in [-0.39, 0.29) is 11.8 Å². The number of hydrogen-bond acceptors (Lipinski definition) is 6. The van der Waals surface area contributed by atoms with Crippen molar-refractivity contribution >= 4 is 5.91 Å². The Morgan fingerprint density at radius 1 is 1.16 bits per heavy atom. The number of carbonyl (C=O) groups excluding carboxylic acids is 1. The summed E-state index contributed by atoms with van der Waals surface area (Å²) in [5, 5.41) is 19.8. The first-order valence-electron chi connectivity index (χ1n) is 10.8. The highest BCUT2D eigenvalue weighted by Crippen LogP contribution is 2.46. The van der Waals surface area contributed by atoms with Crippen LogP contribution in [0.25, 0.3) is 0 Å². The third kappa shape index (κ3) is 5.00. The molecule has 1 heterocycles. The van der Waals surface area contributed by atoms with Gasteiger partial charge in [-0.15, -0.1) is 0 Å². The Hall–Kier alpha value is -2.77. The number of aliphatic hydroxyl groups is 2. The van der Waals surface area contributed by atoms with Gasteiger partial charge in [-0.05, 0) is 42.3 Å². The Labute approximate surface area is 189 Å². The van der Waals surface area contributed by atoms with Crippen molar-refractivity contribution in [1.29, 1.82) is 0 Å². The summed E-state index contributed by atoms with van der Waals surface area (Å²) >= 11 is 0. The number of aliphatic hydroxyl groups excluding tert-OH is 2. The lowest BCUT2D eigenvalue weighted by molar-refractivity contribution is -0.133. The second-order valence-corrected chi connectivity index (χ2v) is 8.52. The van der Waals surface area contributed by atoms with Gasteiger partial charge in [-0.2, -0.15) is 0 Å². The molecule has 7 heteroatoms. The molecule has 1 amide bonds. The van der Waals surface area contributed by atoms with Gasteiger partial charge in [0.25, 0.3) is 0 Å². The molecule has 2 aromatic rings. The summed E-state index contributed by atoms with van der Waals surface area (Å²) in [6, 6.07) is 13.6. The van der Waals surface area contributed by atoms with Crippen LogP contribution in [0.4, 0.5) is 0 Å². The van der Waals surface area contributed by atoms with E-state index in [0.717, 1.165) is 23.3 Å². The number of ether oxygens (including phenoxy) is 3. The summed E-state index contributed by atoms with van der Waals surface area (Å²) in [5.74, 6) is 1.63. The summed E-state index contributed by atoms with van der Waals surface area (Å²) in [7, 11) is 3.24. The standard InChI is InChI=1S/C25H33NO6/c1-17(28)25(2)16-26(24(29)15-27)14-21(25)19-7-10-22(31-4)23(13-19)32-12-11-18-5-8-20(30-3)9-6-18/h5-10,13,17,21,27-28H,11-12,14-16H2,1-4H3/t17-,21+,25+/m1/s1. The van der Waals surface area contributed by atoms with Gasteiger partial charge in [-0.1, -0.05) is 25.1 Å². The van der Waals surface area contributed by atoms with Crippen LogP contribution in [0.2, 0.25) is 0 Å². The van der Waals surface area contributed by atoms with E-state index in [0.29, 0.717) is 31.2 Å². The smallest absolute Gasteiger partial charge is 0.248 e. The van der Waals surface area contributed by atoms with E-state index in [1.54, 1.807) is 26.0 Å². The molecule has 1 aliphatic heterocycles. The van der Waals surface area contributed by atoms with Crippen molar-refractivity contribution in [3.05, 3.63) is 53.6 Å². The number of amides is 1. The Morgan fingerprint density at radius 3 is 2.47 bits per heavy atom. The van der Waals surface area contributed by atoms with E-state index in [1.165, 1.54) is 0 Å². The van der Waals surface area contributed by atoms with Crippen LogP contribution in [0.5, 0.6) is 17.2 Å². The molecule has 1 saturated heterocycles. The highest BCUT2D eigenvalue weighted by molar-refractivity contribution is 5.77. The monoisotopic (exact) mass is 443 g/mol. The van der Waals surface area contributed by atoms with Crippen LogP contribution < -0.4 is 14.2 Å². The molecule has 2 aromatic carbocycles. The van der Waals surface area contributed by atoms with Gasteiger partial charge in [0.05, 0.1) is 26.9 Å². The Morgan fingerprint density at radius 2 is 1.88 bits per heavy atom. The fraction of sp³-hybridized carbons (Fsp3) is 0.480. The molecule has 1 aliphatic rings. The number of benzene rings is 2. The fourth-order valence-electron chi connectivity index (χ4n) is 4.31. The summed E-state index contributed by atoms with van der Waals surface area (Å²) in [4.78, 5) is 13.7. The molecular formula is C25H33NO6. The van der Waals surface area contributed by atoms with Crippen molar-refractivity contribution < 1.29 is 29.2 Å². The van der Waals surface area contributed by atoms with E-state index < -0.39 is 18.1 Å². The van der Waals surface area contributed by atoms with Crippen LogP contribution in [-0.2, 0) is 11.2 Å². The summed E-state index contributed by atoms with van der Waals surface area (Å²) in [6.45, 7) is 4.47. The summed E-state index contributed by atoms with van der Waals surface area (Å²) in [6.07, 6.45) is 0.0934. The first-order valence-corrected chi connectivity index (χ1v) is 10.8. The number of rotatable bonds is 9. The van der Waals surface area contributed by atoms with Crippen molar-refractivity contribution in [2.75, 3.05) is 40.5 Å². The van der Waals surface area contributed by atoms with Crippen LogP contribution >= 0.6 is 0 Å². The van der Waals surface area contributed by atoms with E-state index in [2.05, 4.69) is 0 Å². The lowest BCUT2D eigenvalue weighted by Gasteiger charge is -2.33. The SMILES string of the molecule is COc1ccc(CCOc2cc([C@@H]3CN(C(=O)CO)C[C@@]3(C)[C@@H](C)O)ccc2OC)cc1. The largest absolute Gasteiger partial charge is 0.497 e.